The fraction of sp³-hybridized carbons (Fsp3) is 0.317. The van der Waals surface area contributed by atoms with Crippen molar-refractivity contribution >= 4 is 17.1 Å². The molecule has 6 aliphatic rings. The normalized spacial score (nSPS) is 17.0. The van der Waals surface area contributed by atoms with Gasteiger partial charge >= 0.3 is 0 Å². The molecule has 0 unspecified atom stereocenters. The van der Waals surface area contributed by atoms with Crippen molar-refractivity contribution in [2.24, 2.45) is 23.7 Å². The van der Waals surface area contributed by atoms with Crippen LogP contribution in [0.5, 0.6) is 0 Å². The summed E-state index contributed by atoms with van der Waals surface area (Å²) in [7, 11) is 4.35. The number of benzene rings is 6. The molecule has 4 atom stereocenters. The van der Waals surface area contributed by atoms with Crippen molar-refractivity contribution in [3.8, 4) is 97.1 Å². The number of rotatable bonds is 14. The molecule has 2 N–H and O–H groups in total. The van der Waals surface area contributed by atoms with Crippen molar-refractivity contribution in [1.29, 1.82) is 10.5 Å². The van der Waals surface area contributed by atoms with Crippen molar-refractivity contribution in [2.75, 3.05) is 81.2 Å². The topological polar surface area (TPSA) is 200 Å². The van der Waals surface area contributed by atoms with Gasteiger partial charge in [0.2, 0.25) is 0 Å². The highest BCUT2D eigenvalue weighted by Crippen LogP contribution is 2.41. The van der Waals surface area contributed by atoms with Crippen LogP contribution in [0.25, 0.3) is 85.0 Å². The molecule has 20 nitrogen and oxygen atoms in total. The molecule has 0 aliphatic carbocycles. The second kappa shape index (κ2) is 28.0. The Balaban J connectivity index is 0.000000120. The average Bonchev–Trinajstić information content (AvgIpc) is 1.62. The Morgan fingerprint density at radius 1 is 0.573 bits per heavy atom. The summed E-state index contributed by atoms with van der Waals surface area (Å²) in [4.78, 5) is 19.0. The van der Waals surface area contributed by atoms with Crippen LogP contribution in [-0.4, -0.2) is 147 Å². The van der Waals surface area contributed by atoms with Gasteiger partial charge in [-0.1, -0.05) is 70.5 Å². The van der Waals surface area contributed by atoms with Gasteiger partial charge in [0.15, 0.2) is 17.5 Å². The zero-order valence-electron chi connectivity index (χ0n) is 59.1. The van der Waals surface area contributed by atoms with Crippen LogP contribution in [0.1, 0.15) is 74.8 Å². The van der Waals surface area contributed by atoms with E-state index in [0.717, 1.165) is 156 Å². The first-order valence-electron chi connectivity index (χ1n) is 36.0. The minimum Gasteiger partial charge on any atom is -0.395 e. The molecule has 18 rings (SSSR count). The number of aliphatic hydroxyl groups is 1. The van der Waals surface area contributed by atoms with Gasteiger partial charge in [0.05, 0.1) is 64.0 Å². The third-order valence-corrected chi connectivity index (χ3v) is 21.8. The molecule has 12 aromatic rings. The molecule has 0 amide bonds. The van der Waals surface area contributed by atoms with E-state index in [0.29, 0.717) is 41.5 Å². The number of likely N-dealkylation sites (N-methyl/N-ethyl adjacent to an activating group) is 1. The molecule has 0 spiro atoms. The summed E-state index contributed by atoms with van der Waals surface area (Å²) in [6, 6.07) is 53.7. The van der Waals surface area contributed by atoms with Gasteiger partial charge in [0.25, 0.3) is 0 Å². The smallest absolute Gasteiger partial charge is 0.185 e. The van der Waals surface area contributed by atoms with E-state index >= 15 is 0 Å². The number of hydrogen-bond acceptors (Lipinski definition) is 14. The Labute approximate surface area is 599 Å². The van der Waals surface area contributed by atoms with Crippen molar-refractivity contribution < 1.29 is 9.50 Å². The highest BCUT2D eigenvalue weighted by atomic mass is 19.1. The van der Waals surface area contributed by atoms with Crippen molar-refractivity contribution in [1.82, 2.24) is 68.2 Å². The maximum Gasteiger partial charge on any atom is 0.185 e. The number of halogens is 1. The number of anilines is 3. The van der Waals surface area contributed by atoms with E-state index in [9.17, 15) is 9.50 Å². The van der Waals surface area contributed by atoms with Crippen molar-refractivity contribution in [3.05, 3.63) is 217 Å². The van der Waals surface area contributed by atoms with Crippen LogP contribution in [0, 0.1) is 52.2 Å². The second-order valence-electron chi connectivity index (χ2n) is 29.1. The zero-order valence-corrected chi connectivity index (χ0v) is 59.1. The predicted octanol–water partition coefficient (Wildman–Crippen LogP) is 13.2. The Morgan fingerprint density at radius 2 is 1.05 bits per heavy atom. The predicted molar refractivity (Wildman–Crippen MR) is 401 cm³/mol. The number of nitriles is 2. The lowest BCUT2D eigenvalue weighted by Gasteiger charge is -2.41. The minimum atomic E-state index is -0.237. The van der Waals surface area contributed by atoms with E-state index in [2.05, 4.69) is 219 Å². The van der Waals surface area contributed by atoms with Crippen molar-refractivity contribution in [3.63, 3.8) is 0 Å². The van der Waals surface area contributed by atoms with E-state index < -0.39 is 0 Å². The first-order chi connectivity index (χ1) is 50.2. The fourth-order valence-electron chi connectivity index (χ4n) is 16.0. The van der Waals surface area contributed by atoms with Crippen LogP contribution in [0.15, 0.2) is 183 Å². The van der Waals surface area contributed by atoms with Gasteiger partial charge in [-0.15, -0.1) is 10.2 Å². The molecular weight excluding hydrogens is 1290 g/mol. The molecule has 520 valence electrons. The monoisotopic (exact) mass is 1370 g/mol. The Hall–Kier alpha value is -11.2. The van der Waals surface area contributed by atoms with Gasteiger partial charge in [-0.25, -0.2) is 23.7 Å². The maximum atomic E-state index is 13.5. The number of nitrogens with one attached hydrogen (secondary N) is 1. The Morgan fingerprint density at radius 3 is 1.53 bits per heavy atom. The van der Waals surface area contributed by atoms with E-state index in [4.69, 9.17) is 10.5 Å². The number of nitrogens with zero attached hydrogens (tertiary/aromatic N) is 18. The number of fused-ring (bicyclic) bond motifs is 15. The Bertz CT molecular complexity index is 5150. The zero-order chi connectivity index (χ0) is 70.6. The molecule has 21 heteroatoms. The lowest BCUT2D eigenvalue weighted by atomic mass is 9.94. The van der Waals surface area contributed by atoms with Crippen LogP contribution in [0.2, 0.25) is 0 Å². The molecule has 103 heavy (non-hydrogen) atoms. The molecule has 0 saturated carbocycles. The molecular formula is C82H84FN19O. The molecule has 6 aliphatic heterocycles. The van der Waals surface area contributed by atoms with E-state index in [-0.39, 0.29) is 18.5 Å². The molecule has 3 saturated heterocycles. The largest absolute Gasteiger partial charge is 0.395 e. The second-order valence-corrected chi connectivity index (χ2v) is 29.1. The van der Waals surface area contributed by atoms with E-state index in [1.54, 1.807) is 19.0 Å². The van der Waals surface area contributed by atoms with Gasteiger partial charge in [-0.2, -0.15) is 20.7 Å². The lowest BCUT2D eigenvalue weighted by molar-refractivity contribution is 0.206. The standard InChI is InChI=1S/C29H33FN6O.C27H27N7.C26H24N6/c1-19(2)26(17-37)31-13-20-9-10-34(14-20)25-7-8-27-23(11-25)16-35-15-22(21-3-5-24(30)6-4-21)12-28(35)29-32-18-33-36(27)29;1-18-13-32(16-26(18)31(2)3)23-8-9-24-22(10-23)15-33-14-21(20-6-4-19(12-28)5-7-20)11-25(33)27-30-29-17-34(24)27;1-2-3-19-13-30(14-19)23-8-9-24-22(10-23)16-31-15-21(20-6-4-18(12-27)5-7-20)11-25(31)26-28-17-29-32(24)26/h3-8,11-12,15,18-20,26,31,37H,9-10,13-14,16-17H2,1-2H3;4-11,14,17-18,26H,13,15-16H2,1-3H3;4-11,15,17,19H,2-3,13-14,16H2,1H3/t20-,26-;18-,26+;/m10./s1. The van der Waals surface area contributed by atoms with Gasteiger partial charge in [-0.05, 0) is 193 Å². The molecule has 3 fully saturated rings. The van der Waals surface area contributed by atoms with Gasteiger partial charge < -0.3 is 43.7 Å². The third-order valence-electron chi connectivity index (χ3n) is 21.8. The van der Waals surface area contributed by atoms with E-state index in [1.807, 2.05) is 70.0 Å². The average molecular weight is 1370 g/mol. The maximum absolute atomic E-state index is 13.5. The summed E-state index contributed by atoms with van der Waals surface area (Å²) >= 11 is 0. The van der Waals surface area contributed by atoms with Crippen LogP contribution in [-0.2, 0) is 19.6 Å². The highest BCUT2D eigenvalue weighted by molar-refractivity contribution is 5.76. The van der Waals surface area contributed by atoms with Crippen LogP contribution in [0.3, 0.4) is 0 Å². The summed E-state index contributed by atoms with van der Waals surface area (Å²) in [5, 5.41) is 49.2. The highest BCUT2D eigenvalue weighted by Gasteiger charge is 2.34. The molecule has 0 bridgehead atoms. The summed E-state index contributed by atoms with van der Waals surface area (Å²) < 4.78 is 26.2. The molecule has 6 aromatic heterocycles. The van der Waals surface area contributed by atoms with Gasteiger partial charge in [0, 0.05) is 130 Å². The molecule has 6 aromatic carbocycles. The van der Waals surface area contributed by atoms with Gasteiger partial charge in [-0.3, -0.25) is 4.57 Å². The fourth-order valence-corrected chi connectivity index (χ4v) is 16.0. The number of aromatic nitrogens is 12. The molecule has 0 radical (unpaired) electrons. The van der Waals surface area contributed by atoms with E-state index in [1.165, 1.54) is 58.7 Å². The number of aliphatic hydroxyl groups excluding tert-OH is 1. The van der Waals surface area contributed by atoms with Crippen LogP contribution in [0.4, 0.5) is 21.5 Å². The minimum absolute atomic E-state index is 0.147. The first-order valence-corrected chi connectivity index (χ1v) is 36.0. The first kappa shape index (κ1) is 66.3. The third kappa shape index (κ3) is 13.0. The molecule has 12 heterocycles. The number of hydrogen-bond donors (Lipinski definition) is 2. The van der Waals surface area contributed by atoms with Crippen LogP contribution >= 0.6 is 0 Å². The quantitative estimate of drug-likeness (QED) is 0.104. The summed E-state index contributed by atoms with van der Waals surface area (Å²) in [6.07, 6.45) is 15.2. The van der Waals surface area contributed by atoms with Crippen LogP contribution < -0.4 is 20.0 Å². The summed E-state index contributed by atoms with van der Waals surface area (Å²) in [6.45, 7) is 18.7. The lowest BCUT2D eigenvalue weighted by Crippen LogP contribution is -2.46. The summed E-state index contributed by atoms with van der Waals surface area (Å²) in [5.74, 6) is 4.68. The van der Waals surface area contributed by atoms with Gasteiger partial charge in [0.1, 0.15) is 24.8 Å². The Kier molecular flexibility index (Phi) is 18.0. The SMILES string of the molecule is CC(C)[C@@H](CO)NC[C@H]1CCN(c2ccc3c(c2)Cn2cc(-c4ccc(F)cc4)cc2-c2ncnn2-3)C1.CCCC1CN(c2ccc3c(c2)Cn2cc(-c4ccc(C#N)cc4)cc2-c2ncnn2-3)C1.C[C@H]1CN(c2ccc3c(c2)Cn2cc(-c4ccc(C#N)cc4)cc2-c2nncn2-3)C[C@H]1N(C)C. The summed E-state index contributed by atoms with van der Waals surface area (Å²) in [5.41, 5.74) is 21.5. The van der Waals surface area contributed by atoms with Crippen molar-refractivity contribution in [2.45, 2.75) is 78.7 Å².